The molecular formula is C18H22N2O4S. The minimum Gasteiger partial charge on any atom is -0.396 e. The standard InChI is InChI=1S/C18H22N2O4S/c21-10-13-25-16-15(14-4-2-1-3-5-14)17(22)20(18(16)23)7-6-19-8-11-24-12-9-19/h1-5,21H,6-13H2. The molecule has 25 heavy (non-hydrogen) atoms. The van der Waals surface area contributed by atoms with Gasteiger partial charge in [-0.05, 0) is 5.56 Å². The fourth-order valence-electron chi connectivity index (χ4n) is 2.96. The molecule has 7 heteroatoms. The SMILES string of the molecule is O=C1C(SCCO)=C(c2ccccc2)C(=O)N1CCN1CCOCC1. The van der Waals surface area contributed by atoms with E-state index in [0.717, 1.165) is 18.7 Å². The van der Waals surface area contributed by atoms with Crippen molar-refractivity contribution in [2.24, 2.45) is 0 Å². The first-order chi connectivity index (χ1) is 12.2. The summed E-state index contributed by atoms with van der Waals surface area (Å²) >= 11 is 1.25. The summed E-state index contributed by atoms with van der Waals surface area (Å²) < 4.78 is 5.33. The number of carbonyl (C=O) groups is 2. The zero-order chi connectivity index (χ0) is 17.6. The minimum atomic E-state index is -0.254. The molecule has 0 radical (unpaired) electrons. The third kappa shape index (κ3) is 4.12. The van der Waals surface area contributed by atoms with Crippen LogP contribution in [0.25, 0.3) is 5.57 Å². The van der Waals surface area contributed by atoms with Gasteiger partial charge in [-0.2, -0.15) is 0 Å². The van der Waals surface area contributed by atoms with Crippen LogP contribution in [0.15, 0.2) is 35.2 Å². The molecule has 1 fully saturated rings. The Bertz CT molecular complexity index is 656. The Labute approximate surface area is 151 Å². The van der Waals surface area contributed by atoms with Crippen LogP contribution in [-0.2, 0) is 14.3 Å². The first-order valence-electron chi connectivity index (χ1n) is 8.42. The van der Waals surface area contributed by atoms with E-state index in [1.165, 1.54) is 16.7 Å². The Morgan fingerprint density at radius 1 is 1.04 bits per heavy atom. The molecule has 134 valence electrons. The Morgan fingerprint density at radius 2 is 1.76 bits per heavy atom. The Hall–Kier alpha value is -1.67. The summed E-state index contributed by atoms with van der Waals surface area (Å²) in [5, 5.41) is 9.10. The van der Waals surface area contributed by atoms with E-state index < -0.39 is 0 Å². The van der Waals surface area contributed by atoms with Gasteiger partial charge >= 0.3 is 0 Å². The van der Waals surface area contributed by atoms with Crippen LogP contribution < -0.4 is 0 Å². The summed E-state index contributed by atoms with van der Waals surface area (Å²) in [4.78, 5) is 29.6. The fourth-order valence-corrected chi connectivity index (χ4v) is 3.84. The van der Waals surface area contributed by atoms with Crippen molar-refractivity contribution in [3.05, 3.63) is 40.8 Å². The topological polar surface area (TPSA) is 70.1 Å². The summed E-state index contributed by atoms with van der Waals surface area (Å²) in [6.07, 6.45) is 0. The van der Waals surface area contributed by atoms with E-state index in [0.29, 0.717) is 42.5 Å². The van der Waals surface area contributed by atoms with Crippen LogP contribution in [0.5, 0.6) is 0 Å². The summed E-state index contributed by atoms with van der Waals surface area (Å²) in [6, 6.07) is 9.26. The zero-order valence-electron chi connectivity index (χ0n) is 14.0. The van der Waals surface area contributed by atoms with Crippen LogP contribution in [0.3, 0.4) is 0 Å². The number of hydrogen-bond donors (Lipinski definition) is 1. The Morgan fingerprint density at radius 3 is 2.44 bits per heavy atom. The van der Waals surface area contributed by atoms with Gasteiger partial charge in [0.15, 0.2) is 0 Å². The van der Waals surface area contributed by atoms with E-state index in [1.807, 2.05) is 30.3 Å². The van der Waals surface area contributed by atoms with E-state index in [9.17, 15) is 9.59 Å². The van der Waals surface area contributed by atoms with Crippen LogP contribution in [-0.4, -0.2) is 78.5 Å². The van der Waals surface area contributed by atoms with E-state index in [-0.39, 0.29) is 18.4 Å². The molecule has 2 aliphatic heterocycles. The van der Waals surface area contributed by atoms with Crippen molar-refractivity contribution in [2.75, 3.05) is 51.8 Å². The van der Waals surface area contributed by atoms with Crippen LogP contribution in [0.2, 0.25) is 0 Å². The largest absolute Gasteiger partial charge is 0.396 e. The fraction of sp³-hybridized carbons (Fsp3) is 0.444. The van der Waals surface area contributed by atoms with Crippen LogP contribution >= 0.6 is 11.8 Å². The minimum absolute atomic E-state index is 0.0362. The lowest BCUT2D eigenvalue weighted by Crippen LogP contribution is -2.43. The van der Waals surface area contributed by atoms with Crippen molar-refractivity contribution in [3.8, 4) is 0 Å². The van der Waals surface area contributed by atoms with Gasteiger partial charge in [0.25, 0.3) is 11.8 Å². The predicted octanol–water partition coefficient (Wildman–Crippen LogP) is 0.824. The van der Waals surface area contributed by atoms with Gasteiger partial charge in [-0.25, -0.2) is 0 Å². The molecule has 0 bridgehead atoms. The van der Waals surface area contributed by atoms with Gasteiger partial charge in [0.1, 0.15) is 0 Å². The van der Waals surface area contributed by atoms with Crippen LogP contribution in [0, 0.1) is 0 Å². The zero-order valence-corrected chi connectivity index (χ0v) is 14.8. The van der Waals surface area contributed by atoms with Crippen molar-refractivity contribution in [1.82, 2.24) is 9.80 Å². The summed E-state index contributed by atoms with van der Waals surface area (Å²) in [6.45, 7) is 4.01. The van der Waals surface area contributed by atoms with Gasteiger partial charge in [0.2, 0.25) is 0 Å². The van der Waals surface area contributed by atoms with E-state index in [2.05, 4.69) is 4.90 Å². The van der Waals surface area contributed by atoms with E-state index >= 15 is 0 Å². The van der Waals surface area contributed by atoms with Crippen molar-refractivity contribution < 1.29 is 19.4 Å². The van der Waals surface area contributed by atoms with Crippen LogP contribution in [0.4, 0.5) is 0 Å². The molecule has 1 aromatic rings. The summed E-state index contributed by atoms with van der Waals surface area (Å²) in [5.74, 6) is -0.109. The van der Waals surface area contributed by atoms with Crippen molar-refractivity contribution >= 4 is 29.1 Å². The molecule has 0 spiro atoms. The number of hydrogen-bond acceptors (Lipinski definition) is 6. The second-order valence-electron chi connectivity index (χ2n) is 5.86. The van der Waals surface area contributed by atoms with Gasteiger partial charge in [-0.3, -0.25) is 19.4 Å². The number of ether oxygens (including phenoxy) is 1. The first kappa shape index (κ1) is 18.1. The molecule has 0 aliphatic carbocycles. The predicted molar refractivity (Wildman–Crippen MR) is 96.9 cm³/mol. The third-order valence-corrected chi connectivity index (χ3v) is 5.32. The average molecular weight is 362 g/mol. The normalized spacial score (nSPS) is 19.2. The van der Waals surface area contributed by atoms with Gasteiger partial charge < -0.3 is 9.84 Å². The highest BCUT2D eigenvalue weighted by Crippen LogP contribution is 2.35. The highest BCUT2D eigenvalue weighted by molar-refractivity contribution is 8.04. The number of imide groups is 1. The number of nitrogens with zero attached hydrogens (tertiary/aromatic N) is 2. The molecule has 1 aromatic carbocycles. The first-order valence-corrected chi connectivity index (χ1v) is 9.40. The monoisotopic (exact) mass is 362 g/mol. The molecule has 2 amide bonds. The lowest BCUT2D eigenvalue weighted by molar-refractivity contribution is -0.136. The lowest BCUT2D eigenvalue weighted by Gasteiger charge is -2.28. The maximum absolute atomic E-state index is 12.9. The quantitative estimate of drug-likeness (QED) is 0.725. The second-order valence-corrected chi connectivity index (χ2v) is 6.96. The van der Waals surface area contributed by atoms with Crippen molar-refractivity contribution in [3.63, 3.8) is 0 Å². The van der Waals surface area contributed by atoms with Crippen LogP contribution in [0.1, 0.15) is 5.56 Å². The number of morpholine rings is 1. The molecule has 0 unspecified atom stereocenters. The molecule has 2 heterocycles. The molecule has 6 nitrogen and oxygen atoms in total. The number of benzene rings is 1. The maximum atomic E-state index is 12.9. The number of thioether (sulfide) groups is 1. The highest BCUT2D eigenvalue weighted by Gasteiger charge is 2.38. The molecule has 2 aliphatic rings. The second kappa shape index (κ2) is 8.62. The number of carbonyl (C=O) groups excluding carboxylic acids is 2. The maximum Gasteiger partial charge on any atom is 0.268 e. The van der Waals surface area contributed by atoms with Gasteiger partial charge in [0.05, 0.1) is 30.3 Å². The molecular weight excluding hydrogens is 340 g/mol. The van der Waals surface area contributed by atoms with E-state index in [4.69, 9.17) is 9.84 Å². The third-order valence-electron chi connectivity index (χ3n) is 4.27. The van der Waals surface area contributed by atoms with E-state index in [1.54, 1.807) is 0 Å². The summed E-state index contributed by atoms with van der Waals surface area (Å²) in [7, 11) is 0. The molecule has 0 saturated carbocycles. The Kier molecular flexibility index (Phi) is 6.25. The number of aliphatic hydroxyl groups excluding tert-OH is 1. The lowest BCUT2D eigenvalue weighted by atomic mass is 10.1. The average Bonchev–Trinajstić information content (AvgIpc) is 2.89. The molecule has 0 aromatic heterocycles. The Balaban J connectivity index is 1.77. The van der Waals surface area contributed by atoms with Gasteiger partial charge in [-0.1, -0.05) is 30.3 Å². The van der Waals surface area contributed by atoms with Gasteiger partial charge in [-0.15, -0.1) is 11.8 Å². The molecule has 1 saturated heterocycles. The smallest absolute Gasteiger partial charge is 0.268 e. The highest BCUT2D eigenvalue weighted by atomic mass is 32.2. The van der Waals surface area contributed by atoms with Crippen molar-refractivity contribution in [1.29, 1.82) is 0 Å². The van der Waals surface area contributed by atoms with Crippen molar-refractivity contribution in [2.45, 2.75) is 0 Å². The number of amides is 2. The molecule has 1 N–H and O–H groups in total. The number of rotatable bonds is 7. The molecule has 3 rings (SSSR count). The molecule has 0 atom stereocenters. The number of aliphatic hydroxyl groups is 1. The van der Waals surface area contributed by atoms with Gasteiger partial charge in [0, 0.05) is 31.9 Å². The summed E-state index contributed by atoms with van der Waals surface area (Å²) in [5.41, 5.74) is 1.20.